The third-order valence-corrected chi connectivity index (χ3v) is 3.37. The van der Waals surface area contributed by atoms with E-state index in [0.29, 0.717) is 13.1 Å². The Morgan fingerprint density at radius 3 is 2.47 bits per heavy atom. The summed E-state index contributed by atoms with van der Waals surface area (Å²) >= 11 is 5.68. The van der Waals surface area contributed by atoms with Crippen LogP contribution < -0.4 is 0 Å². The summed E-state index contributed by atoms with van der Waals surface area (Å²) in [7, 11) is 0. The highest BCUT2D eigenvalue weighted by atomic mass is 35.5. The van der Waals surface area contributed by atoms with Gasteiger partial charge in [-0.1, -0.05) is 30.5 Å². The summed E-state index contributed by atoms with van der Waals surface area (Å²) in [6.07, 6.45) is 4.27. The average molecular weight is 256 g/mol. The van der Waals surface area contributed by atoms with Crippen molar-refractivity contribution in [3.8, 4) is 0 Å². The highest BCUT2D eigenvalue weighted by Crippen LogP contribution is 2.20. The zero-order valence-electron chi connectivity index (χ0n) is 9.59. The van der Waals surface area contributed by atoms with Crippen LogP contribution in [-0.4, -0.2) is 23.9 Å². The van der Waals surface area contributed by atoms with E-state index in [0.717, 1.165) is 25.7 Å². The predicted molar refractivity (Wildman–Crippen MR) is 65.8 cm³/mol. The van der Waals surface area contributed by atoms with Gasteiger partial charge in [0.1, 0.15) is 0 Å². The molecule has 1 fully saturated rings. The lowest BCUT2D eigenvalue weighted by Crippen LogP contribution is -2.32. The number of benzene rings is 1. The summed E-state index contributed by atoms with van der Waals surface area (Å²) < 4.78 is 13.7. The largest absolute Gasteiger partial charge is 0.339 e. The fourth-order valence-electron chi connectivity index (χ4n) is 2.11. The minimum atomic E-state index is -0.608. The third-order valence-electron chi connectivity index (χ3n) is 3.08. The van der Waals surface area contributed by atoms with Crippen molar-refractivity contribution in [2.75, 3.05) is 13.1 Å². The van der Waals surface area contributed by atoms with Crippen molar-refractivity contribution in [3.63, 3.8) is 0 Å². The van der Waals surface area contributed by atoms with E-state index in [1.165, 1.54) is 12.1 Å². The first-order chi connectivity index (χ1) is 8.20. The molecule has 1 aliphatic heterocycles. The first-order valence-corrected chi connectivity index (χ1v) is 6.31. The number of amides is 1. The smallest absolute Gasteiger partial charge is 0.256 e. The number of hydrogen-bond acceptors (Lipinski definition) is 1. The molecule has 4 heteroatoms. The van der Waals surface area contributed by atoms with Crippen LogP contribution in [0.2, 0.25) is 5.02 Å². The number of carbonyl (C=O) groups is 1. The second kappa shape index (κ2) is 5.50. The van der Waals surface area contributed by atoms with Crippen molar-refractivity contribution in [1.29, 1.82) is 0 Å². The molecule has 0 aromatic heterocycles. The quantitative estimate of drug-likeness (QED) is 0.752. The zero-order valence-corrected chi connectivity index (χ0v) is 10.3. The molecule has 1 heterocycles. The molecule has 0 saturated carbocycles. The summed E-state index contributed by atoms with van der Waals surface area (Å²) in [6.45, 7) is 1.43. The normalized spacial score (nSPS) is 16.7. The Morgan fingerprint density at radius 2 is 1.82 bits per heavy atom. The van der Waals surface area contributed by atoms with Gasteiger partial charge in [-0.05, 0) is 25.0 Å². The summed E-state index contributed by atoms with van der Waals surface area (Å²) in [5, 5.41) is 0.00525. The molecule has 1 aromatic rings. The molecule has 2 rings (SSSR count). The molecule has 1 amide bonds. The topological polar surface area (TPSA) is 20.3 Å². The summed E-state index contributed by atoms with van der Waals surface area (Å²) in [4.78, 5) is 13.9. The Bertz CT molecular complexity index is 414. The minimum absolute atomic E-state index is 0.00525. The maximum atomic E-state index is 13.7. The predicted octanol–water partition coefficient (Wildman–Crippen LogP) is 3.50. The van der Waals surface area contributed by atoms with Gasteiger partial charge in [0.15, 0.2) is 5.82 Å². The molecule has 0 atom stereocenters. The van der Waals surface area contributed by atoms with Crippen molar-refractivity contribution in [2.45, 2.75) is 25.7 Å². The van der Waals surface area contributed by atoms with Crippen molar-refractivity contribution < 1.29 is 9.18 Å². The van der Waals surface area contributed by atoms with Crippen LogP contribution in [0.25, 0.3) is 0 Å². The van der Waals surface area contributed by atoms with E-state index in [1.54, 1.807) is 11.0 Å². The lowest BCUT2D eigenvalue weighted by molar-refractivity contribution is 0.0757. The molecule has 1 aromatic carbocycles. The molecule has 92 valence electrons. The van der Waals surface area contributed by atoms with Gasteiger partial charge in [0.25, 0.3) is 5.91 Å². The highest BCUT2D eigenvalue weighted by Gasteiger charge is 2.21. The Labute approximate surface area is 105 Å². The Kier molecular flexibility index (Phi) is 4.00. The van der Waals surface area contributed by atoms with Crippen LogP contribution in [0, 0.1) is 5.82 Å². The monoisotopic (exact) mass is 255 g/mol. The van der Waals surface area contributed by atoms with Crippen LogP contribution in [0.15, 0.2) is 18.2 Å². The van der Waals surface area contributed by atoms with Gasteiger partial charge >= 0.3 is 0 Å². The molecule has 0 N–H and O–H groups in total. The van der Waals surface area contributed by atoms with Crippen LogP contribution >= 0.6 is 11.6 Å². The maximum Gasteiger partial charge on any atom is 0.256 e. The molecule has 17 heavy (non-hydrogen) atoms. The van der Waals surface area contributed by atoms with E-state index < -0.39 is 5.82 Å². The van der Waals surface area contributed by atoms with E-state index >= 15 is 0 Å². The van der Waals surface area contributed by atoms with Gasteiger partial charge in [0.2, 0.25) is 0 Å². The standard InChI is InChI=1S/C13H15ClFNO/c14-11-7-5-6-10(12(11)15)13(17)16-8-3-1-2-4-9-16/h5-7H,1-4,8-9H2. The van der Waals surface area contributed by atoms with E-state index in [9.17, 15) is 9.18 Å². The first kappa shape index (κ1) is 12.4. The molecule has 0 radical (unpaired) electrons. The van der Waals surface area contributed by atoms with Gasteiger partial charge in [0, 0.05) is 13.1 Å². The van der Waals surface area contributed by atoms with Crippen molar-refractivity contribution in [1.82, 2.24) is 4.90 Å². The van der Waals surface area contributed by atoms with Crippen LogP contribution in [0.3, 0.4) is 0 Å². The number of likely N-dealkylation sites (tertiary alicyclic amines) is 1. The number of rotatable bonds is 1. The Balaban J connectivity index is 2.20. The molecule has 1 aliphatic rings. The molecule has 2 nitrogen and oxygen atoms in total. The molecular formula is C13H15ClFNO. The molecular weight excluding hydrogens is 241 g/mol. The van der Waals surface area contributed by atoms with E-state index in [4.69, 9.17) is 11.6 Å². The van der Waals surface area contributed by atoms with Crippen LogP contribution in [0.4, 0.5) is 4.39 Å². The fraction of sp³-hybridized carbons (Fsp3) is 0.462. The zero-order chi connectivity index (χ0) is 12.3. The van der Waals surface area contributed by atoms with Gasteiger partial charge in [-0.25, -0.2) is 4.39 Å². The van der Waals surface area contributed by atoms with Crippen LogP contribution in [0.1, 0.15) is 36.0 Å². The van der Waals surface area contributed by atoms with E-state index in [2.05, 4.69) is 0 Å². The SMILES string of the molecule is O=C(c1cccc(Cl)c1F)N1CCCCCC1. The molecule has 0 spiro atoms. The van der Waals surface area contributed by atoms with Gasteiger partial charge in [-0.15, -0.1) is 0 Å². The van der Waals surface area contributed by atoms with E-state index in [-0.39, 0.29) is 16.5 Å². The van der Waals surface area contributed by atoms with Gasteiger partial charge in [0.05, 0.1) is 10.6 Å². The van der Waals surface area contributed by atoms with Gasteiger partial charge in [-0.3, -0.25) is 4.79 Å². The van der Waals surface area contributed by atoms with Crippen molar-refractivity contribution in [3.05, 3.63) is 34.6 Å². The number of carbonyl (C=O) groups excluding carboxylic acids is 1. The lowest BCUT2D eigenvalue weighted by atomic mass is 10.2. The lowest BCUT2D eigenvalue weighted by Gasteiger charge is -2.20. The van der Waals surface area contributed by atoms with Crippen LogP contribution in [-0.2, 0) is 0 Å². The molecule has 1 saturated heterocycles. The molecule has 0 aliphatic carbocycles. The van der Waals surface area contributed by atoms with Gasteiger partial charge < -0.3 is 4.90 Å². The second-order valence-corrected chi connectivity index (χ2v) is 4.71. The fourth-order valence-corrected chi connectivity index (χ4v) is 2.29. The average Bonchev–Trinajstić information content (AvgIpc) is 2.60. The summed E-state index contributed by atoms with van der Waals surface area (Å²) in [5.41, 5.74) is 0.0828. The molecule has 0 unspecified atom stereocenters. The first-order valence-electron chi connectivity index (χ1n) is 5.93. The molecule has 0 bridgehead atoms. The number of halogens is 2. The van der Waals surface area contributed by atoms with Crippen molar-refractivity contribution in [2.24, 2.45) is 0 Å². The van der Waals surface area contributed by atoms with E-state index in [1.807, 2.05) is 0 Å². The van der Waals surface area contributed by atoms with Gasteiger partial charge in [-0.2, -0.15) is 0 Å². The summed E-state index contributed by atoms with van der Waals surface area (Å²) in [6, 6.07) is 4.56. The second-order valence-electron chi connectivity index (χ2n) is 4.31. The van der Waals surface area contributed by atoms with Crippen LogP contribution in [0.5, 0.6) is 0 Å². The Hall–Kier alpha value is -1.09. The highest BCUT2D eigenvalue weighted by molar-refractivity contribution is 6.31. The number of hydrogen-bond donors (Lipinski definition) is 0. The maximum absolute atomic E-state index is 13.7. The summed E-state index contributed by atoms with van der Waals surface area (Å²) in [5.74, 6) is -0.852. The number of nitrogens with zero attached hydrogens (tertiary/aromatic N) is 1. The van der Waals surface area contributed by atoms with Crippen molar-refractivity contribution >= 4 is 17.5 Å². The Morgan fingerprint density at radius 1 is 1.18 bits per heavy atom. The minimum Gasteiger partial charge on any atom is -0.339 e. The third kappa shape index (κ3) is 2.78.